The second-order valence-electron chi connectivity index (χ2n) is 5.46. The summed E-state index contributed by atoms with van der Waals surface area (Å²) in [5.41, 5.74) is 3.38. The number of amides is 1. The van der Waals surface area contributed by atoms with Gasteiger partial charge in [-0.05, 0) is 35.9 Å². The first kappa shape index (κ1) is 15.0. The van der Waals surface area contributed by atoms with Crippen molar-refractivity contribution in [1.29, 1.82) is 0 Å². The maximum absolute atomic E-state index is 12.3. The van der Waals surface area contributed by atoms with Crippen LogP contribution in [0.5, 0.6) is 0 Å². The van der Waals surface area contributed by atoms with Crippen LogP contribution in [0.15, 0.2) is 71.6 Å². The Morgan fingerprint density at radius 3 is 2.60 bits per heavy atom. The van der Waals surface area contributed by atoms with Gasteiger partial charge < -0.3 is 9.73 Å². The van der Waals surface area contributed by atoms with Crippen LogP contribution in [0.1, 0.15) is 16.1 Å². The smallest absolute Gasteiger partial charge is 0.271 e. The van der Waals surface area contributed by atoms with Gasteiger partial charge in [-0.15, -0.1) is 0 Å². The molecule has 6 heteroatoms. The zero-order valence-corrected chi connectivity index (χ0v) is 13.2. The van der Waals surface area contributed by atoms with E-state index >= 15 is 0 Å². The molecule has 3 aromatic heterocycles. The lowest BCUT2D eigenvalue weighted by Gasteiger charge is -2.06. The molecule has 6 nitrogen and oxygen atoms in total. The van der Waals surface area contributed by atoms with E-state index in [2.05, 4.69) is 20.3 Å². The molecule has 0 atom stereocenters. The quantitative estimate of drug-likeness (QED) is 0.621. The van der Waals surface area contributed by atoms with Crippen molar-refractivity contribution in [3.63, 3.8) is 0 Å². The Balaban J connectivity index is 1.44. The lowest BCUT2D eigenvalue weighted by atomic mass is 10.2. The van der Waals surface area contributed by atoms with Gasteiger partial charge in [-0.25, -0.2) is 4.98 Å². The summed E-state index contributed by atoms with van der Waals surface area (Å²) in [5.74, 6) is 0.440. The Hall–Kier alpha value is -3.54. The maximum Gasteiger partial charge on any atom is 0.271 e. The van der Waals surface area contributed by atoms with Gasteiger partial charge in [0.05, 0.1) is 23.5 Å². The summed E-state index contributed by atoms with van der Waals surface area (Å²) < 4.78 is 5.30. The summed E-state index contributed by atoms with van der Waals surface area (Å²) in [5, 5.41) is 2.83. The average molecular weight is 330 g/mol. The first-order chi connectivity index (χ1) is 12.3. The standard InChI is InChI=1S/C19H14N4O2/c24-19(17-12-21-14-4-1-2-5-15(14)23-17)22-11-13-7-8-16(20-10-13)18-6-3-9-25-18/h1-10,12H,11H2,(H,22,24). The van der Waals surface area contributed by atoms with Crippen molar-refractivity contribution < 1.29 is 9.21 Å². The molecule has 4 rings (SSSR count). The van der Waals surface area contributed by atoms with Crippen molar-refractivity contribution in [2.24, 2.45) is 0 Å². The van der Waals surface area contributed by atoms with Crippen molar-refractivity contribution in [1.82, 2.24) is 20.3 Å². The van der Waals surface area contributed by atoms with E-state index in [-0.39, 0.29) is 5.91 Å². The fourth-order valence-electron chi connectivity index (χ4n) is 2.44. The lowest BCUT2D eigenvalue weighted by molar-refractivity contribution is 0.0946. The van der Waals surface area contributed by atoms with E-state index in [9.17, 15) is 4.79 Å². The van der Waals surface area contributed by atoms with E-state index in [1.54, 1.807) is 12.5 Å². The van der Waals surface area contributed by atoms with Crippen LogP contribution in [0.25, 0.3) is 22.5 Å². The van der Waals surface area contributed by atoms with Crippen LogP contribution in [-0.2, 0) is 6.54 Å². The molecule has 0 saturated carbocycles. The molecule has 25 heavy (non-hydrogen) atoms. The van der Waals surface area contributed by atoms with E-state index < -0.39 is 0 Å². The highest BCUT2D eigenvalue weighted by Crippen LogP contribution is 2.17. The number of hydrogen-bond donors (Lipinski definition) is 1. The van der Waals surface area contributed by atoms with E-state index in [1.165, 1.54) is 6.20 Å². The fourth-order valence-corrected chi connectivity index (χ4v) is 2.44. The number of aromatic nitrogens is 3. The highest BCUT2D eigenvalue weighted by Gasteiger charge is 2.09. The van der Waals surface area contributed by atoms with Gasteiger partial charge in [0.15, 0.2) is 5.76 Å². The number of hydrogen-bond acceptors (Lipinski definition) is 5. The second-order valence-corrected chi connectivity index (χ2v) is 5.46. The lowest BCUT2D eigenvalue weighted by Crippen LogP contribution is -2.24. The van der Waals surface area contributed by atoms with Crippen molar-refractivity contribution in [3.05, 3.63) is 78.4 Å². The third-order valence-corrected chi connectivity index (χ3v) is 3.73. The van der Waals surface area contributed by atoms with Crippen LogP contribution in [0.4, 0.5) is 0 Å². The molecule has 0 unspecified atom stereocenters. The number of nitrogens with zero attached hydrogens (tertiary/aromatic N) is 3. The van der Waals surface area contributed by atoms with Gasteiger partial charge in [0.25, 0.3) is 5.91 Å². The van der Waals surface area contributed by atoms with Crippen LogP contribution in [0.2, 0.25) is 0 Å². The van der Waals surface area contributed by atoms with Crippen LogP contribution < -0.4 is 5.32 Å². The molecular formula is C19H14N4O2. The number of rotatable bonds is 4. The zero-order chi connectivity index (χ0) is 17.1. The Labute approximate surface area is 143 Å². The molecule has 0 aliphatic rings. The molecule has 1 aromatic carbocycles. The molecule has 0 saturated heterocycles. The summed E-state index contributed by atoms with van der Waals surface area (Å²) in [6.07, 6.45) is 4.80. The van der Waals surface area contributed by atoms with Gasteiger partial charge in [0, 0.05) is 12.7 Å². The largest absolute Gasteiger partial charge is 0.463 e. The predicted molar refractivity (Wildman–Crippen MR) is 92.6 cm³/mol. The zero-order valence-electron chi connectivity index (χ0n) is 13.2. The highest BCUT2D eigenvalue weighted by atomic mass is 16.3. The fraction of sp³-hybridized carbons (Fsp3) is 0.0526. The number of carbonyl (C=O) groups excluding carboxylic acids is 1. The second kappa shape index (κ2) is 6.52. The van der Waals surface area contributed by atoms with E-state index in [0.29, 0.717) is 23.5 Å². The topological polar surface area (TPSA) is 80.9 Å². The SMILES string of the molecule is O=C(NCc1ccc(-c2ccco2)nc1)c1cnc2ccccc2n1. The molecule has 1 amide bonds. The molecular weight excluding hydrogens is 316 g/mol. The van der Waals surface area contributed by atoms with Crippen LogP contribution >= 0.6 is 0 Å². The number of para-hydroxylation sites is 2. The first-order valence-corrected chi connectivity index (χ1v) is 7.78. The van der Waals surface area contributed by atoms with Gasteiger partial charge in [0.1, 0.15) is 11.4 Å². The summed E-state index contributed by atoms with van der Waals surface area (Å²) in [7, 11) is 0. The van der Waals surface area contributed by atoms with Gasteiger partial charge in [-0.1, -0.05) is 18.2 Å². The third kappa shape index (κ3) is 3.23. The molecule has 1 N–H and O–H groups in total. The monoisotopic (exact) mass is 330 g/mol. The van der Waals surface area contributed by atoms with Crippen LogP contribution in [0, 0.1) is 0 Å². The minimum absolute atomic E-state index is 0.270. The summed E-state index contributed by atoms with van der Waals surface area (Å²) in [4.78, 5) is 25.2. The maximum atomic E-state index is 12.3. The highest BCUT2D eigenvalue weighted by molar-refractivity contribution is 5.93. The molecule has 0 aliphatic carbocycles. The van der Waals surface area contributed by atoms with Crippen molar-refractivity contribution in [2.75, 3.05) is 0 Å². The number of pyridine rings is 1. The van der Waals surface area contributed by atoms with Gasteiger partial charge >= 0.3 is 0 Å². The average Bonchev–Trinajstić information content (AvgIpc) is 3.21. The van der Waals surface area contributed by atoms with Gasteiger partial charge in [-0.3, -0.25) is 14.8 Å². The molecule has 4 aromatic rings. The summed E-state index contributed by atoms with van der Waals surface area (Å²) >= 11 is 0. The number of nitrogens with one attached hydrogen (secondary N) is 1. The molecule has 0 bridgehead atoms. The minimum atomic E-state index is -0.270. The van der Waals surface area contributed by atoms with E-state index in [4.69, 9.17) is 4.42 Å². The number of furan rings is 1. The minimum Gasteiger partial charge on any atom is -0.463 e. The van der Waals surface area contributed by atoms with Crippen LogP contribution in [0.3, 0.4) is 0 Å². The van der Waals surface area contributed by atoms with Crippen molar-refractivity contribution >= 4 is 16.9 Å². The van der Waals surface area contributed by atoms with E-state index in [1.807, 2.05) is 48.5 Å². The van der Waals surface area contributed by atoms with Gasteiger partial charge in [-0.2, -0.15) is 0 Å². The van der Waals surface area contributed by atoms with Gasteiger partial charge in [0.2, 0.25) is 0 Å². The number of fused-ring (bicyclic) bond motifs is 1. The summed E-state index contributed by atoms with van der Waals surface area (Å²) in [6.45, 7) is 0.360. The predicted octanol–water partition coefficient (Wildman–Crippen LogP) is 3.21. The number of benzene rings is 1. The molecule has 0 radical (unpaired) electrons. The normalized spacial score (nSPS) is 10.7. The molecule has 122 valence electrons. The van der Waals surface area contributed by atoms with E-state index in [0.717, 1.165) is 16.8 Å². The third-order valence-electron chi connectivity index (χ3n) is 3.73. The summed E-state index contributed by atoms with van der Waals surface area (Å²) in [6, 6.07) is 14.9. The first-order valence-electron chi connectivity index (χ1n) is 7.78. The van der Waals surface area contributed by atoms with Crippen molar-refractivity contribution in [3.8, 4) is 11.5 Å². The molecule has 0 aliphatic heterocycles. The Kier molecular flexibility index (Phi) is 3.92. The molecule has 0 spiro atoms. The Bertz CT molecular complexity index is 1010. The van der Waals surface area contributed by atoms with Crippen molar-refractivity contribution in [2.45, 2.75) is 6.54 Å². The molecule has 0 fully saturated rings. The van der Waals surface area contributed by atoms with Crippen LogP contribution in [-0.4, -0.2) is 20.9 Å². The Morgan fingerprint density at radius 1 is 0.960 bits per heavy atom. The Morgan fingerprint density at radius 2 is 1.84 bits per heavy atom. The molecule has 3 heterocycles. The number of carbonyl (C=O) groups is 1.